The van der Waals surface area contributed by atoms with E-state index in [0.717, 1.165) is 0 Å². The van der Waals surface area contributed by atoms with Gasteiger partial charge in [0.2, 0.25) is 0 Å². The van der Waals surface area contributed by atoms with E-state index < -0.39 is 0 Å². The summed E-state index contributed by atoms with van der Waals surface area (Å²) in [6.45, 7) is 1.81. The number of hydrogen-bond donors (Lipinski definition) is 1. The molecule has 0 aliphatic heterocycles. The first-order chi connectivity index (χ1) is 9.47. The second kappa shape index (κ2) is 6.44. The van der Waals surface area contributed by atoms with Crippen LogP contribution in [0.1, 0.15) is 12.5 Å². The van der Waals surface area contributed by atoms with E-state index in [0.29, 0.717) is 33.5 Å². The van der Waals surface area contributed by atoms with Crippen LogP contribution in [0.4, 0.5) is 4.39 Å². The van der Waals surface area contributed by atoms with Gasteiger partial charge in [0, 0.05) is 22.7 Å². The van der Waals surface area contributed by atoms with Gasteiger partial charge in [0.25, 0.3) is 0 Å². The molecule has 0 aromatic heterocycles. The molecule has 0 heterocycles. The maximum absolute atomic E-state index is 13.9. The SMILES string of the molecule is CC(N)Cc1c(F)cccc1Oc1cc(Cl)ccc1Cl. The van der Waals surface area contributed by atoms with Gasteiger partial charge < -0.3 is 10.5 Å². The van der Waals surface area contributed by atoms with Crippen molar-refractivity contribution in [2.45, 2.75) is 19.4 Å². The van der Waals surface area contributed by atoms with E-state index in [-0.39, 0.29) is 11.9 Å². The second-order valence-corrected chi connectivity index (χ2v) is 5.42. The first-order valence-corrected chi connectivity index (χ1v) is 6.89. The summed E-state index contributed by atoms with van der Waals surface area (Å²) >= 11 is 11.9. The average molecular weight is 314 g/mol. The van der Waals surface area contributed by atoms with Crippen LogP contribution in [0.2, 0.25) is 10.0 Å². The van der Waals surface area contributed by atoms with E-state index in [1.807, 2.05) is 6.92 Å². The summed E-state index contributed by atoms with van der Waals surface area (Å²) in [6, 6.07) is 9.33. The number of halogens is 3. The monoisotopic (exact) mass is 313 g/mol. The Labute approximate surface area is 127 Å². The van der Waals surface area contributed by atoms with Crippen molar-refractivity contribution >= 4 is 23.2 Å². The molecule has 2 aromatic rings. The molecule has 0 radical (unpaired) electrons. The summed E-state index contributed by atoms with van der Waals surface area (Å²) in [4.78, 5) is 0. The van der Waals surface area contributed by atoms with Crippen molar-refractivity contribution in [2.75, 3.05) is 0 Å². The van der Waals surface area contributed by atoms with Gasteiger partial charge in [-0.05, 0) is 37.6 Å². The fraction of sp³-hybridized carbons (Fsp3) is 0.200. The summed E-state index contributed by atoms with van der Waals surface area (Å²) in [5, 5.41) is 0.903. The molecule has 1 unspecified atom stereocenters. The first-order valence-electron chi connectivity index (χ1n) is 6.13. The summed E-state index contributed by atoms with van der Waals surface area (Å²) in [7, 11) is 0. The molecular weight excluding hydrogens is 300 g/mol. The van der Waals surface area contributed by atoms with Crippen molar-refractivity contribution in [2.24, 2.45) is 5.73 Å². The highest BCUT2D eigenvalue weighted by Gasteiger charge is 2.13. The maximum atomic E-state index is 13.9. The molecule has 2 aromatic carbocycles. The Kier molecular flexibility index (Phi) is 4.86. The van der Waals surface area contributed by atoms with Crippen molar-refractivity contribution in [3.8, 4) is 11.5 Å². The van der Waals surface area contributed by atoms with Gasteiger partial charge in [0.15, 0.2) is 0 Å². The van der Waals surface area contributed by atoms with E-state index in [4.69, 9.17) is 33.7 Å². The smallest absolute Gasteiger partial charge is 0.147 e. The van der Waals surface area contributed by atoms with Crippen molar-refractivity contribution in [1.82, 2.24) is 0 Å². The third-order valence-corrected chi connectivity index (χ3v) is 3.26. The van der Waals surface area contributed by atoms with Crippen LogP contribution in [0.3, 0.4) is 0 Å². The third-order valence-electron chi connectivity index (χ3n) is 2.72. The van der Waals surface area contributed by atoms with Crippen LogP contribution in [0.15, 0.2) is 36.4 Å². The molecule has 0 aliphatic carbocycles. The zero-order valence-electron chi connectivity index (χ0n) is 10.9. The molecule has 1 atom stereocenters. The molecule has 2 rings (SSSR count). The molecule has 106 valence electrons. The largest absolute Gasteiger partial charge is 0.455 e. The van der Waals surface area contributed by atoms with E-state index in [2.05, 4.69) is 0 Å². The Balaban J connectivity index is 2.38. The summed E-state index contributed by atoms with van der Waals surface area (Å²) in [5.74, 6) is 0.431. The van der Waals surface area contributed by atoms with Crippen LogP contribution in [-0.4, -0.2) is 6.04 Å². The number of rotatable bonds is 4. The molecule has 2 nitrogen and oxygen atoms in total. The van der Waals surface area contributed by atoms with Crippen LogP contribution >= 0.6 is 23.2 Å². The first kappa shape index (κ1) is 15.1. The topological polar surface area (TPSA) is 35.2 Å². The zero-order valence-corrected chi connectivity index (χ0v) is 12.4. The van der Waals surface area contributed by atoms with Crippen molar-refractivity contribution in [3.05, 3.63) is 57.8 Å². The zero-order chi connectivity index (χ0) is 14.7. The third kappa shape index (κ3) is 3.63. The molecule has 5 heteroatoms. The van der Waals surface area contributed by atoms with Gasteiger partial charge in [0.1, 0.15) is 17.3 Å². The lowest BCUT2D eigenvalue weighted by Gasteiger charge is -2.14. The van der Waals surface area contributed by atoms with Crippen LogP contribution < -0.4 is 10.5 Å². The van der Waals surface area contributed by atoms with Crippen molar-refractivity contribution in [1.29, 1.82) is 0 Å². The number of ether oxygens (including phenoxy) is 1. The minimum Gasteiger partial charge on any atom is -0.455 e. The van der Waals surface area contributed by atoms with Crippen LogP contribution in [0.5, 0.6) is 11.5 Å². The number of hydrogen-bond acceptors (Lipinski definition) is 2. The van der Waals surface area contributed by atoms with Gasteiger partial charge in [-0.25, -0.2) is 4.39 Å². The molecule has 0 amide bonds. The average Bonchev–Trinajstić information content (AvgIpc) is 2.37. The van der Waals surface area contributed by atoms with E-state index in [1.165, 1.54) is 6.07 Å². The minimum absolute atomic E-state index is 0.177. The molecule has 0 bridgehead atoms. The van der Waals surface area contributed by atoms with Gasteiger partial charge in [-0.1, -0.05) is 29.3 Å². The molecule has 20 heavy (non-hydrogen) atoms. The Bertz CT molecular complexity index is 617. The predicted molar refractivity (Wildman–Crippen MR) is 80.3 cm³/mol. The normalized spacial score (nSPS) is 12.2. The van der Waals surface area contributed by atoms with Gasteiger partial charge in [-0.3, -0.25) is 0 Å². The van der Waals surface area contributed by atoms with Crippen molar-refractivity contribution in [3.63, 3.8) is 0 Å². The summed E-state index contributed by atoms with van der Waals surface area (Å²) < 4.78 is 19.6. The number of benzene rings is 2. The Hall–Kier alpha value is -1.29. The fourth-order valence-corrected chi connectivity index (χ4v) is 2.15. The molecule has 2 N–H and O–H groups in total. The van der Waals surface area contributed by atoms with Crippen LogP contribution in [-0.2, 0) is 6.42 Å². The standard InChI is InChI=1S/C15H14Cl2FNO/c1-9(19)7-11-13(18)3-2-4-14(11)20-15-8-10(16)5-6-12(15)17/h2-6,8-9H,7,19H2,1H3. The fourth-order valence-electron chi connectivity index (χ4n) is 1.83. The van der Waals surface area contributed by atoms with Crippen LogP contribution in [0, 0.1) is 5.82 Å². The predicted octanol–water partition coefficient (Wildman–Crippen LogP) is 4.81. The minimum atomic E-state index is -0.349. The number of nitrogens with two attached hydrogens (primary N) is 1. The molecule has 0 fully saturated rings. The lowest BCUT2D eigenvalue weighted by molar-refractivity contribution is 0.464. The van der Waals surface area contributed by atoms with E-state index in [1.54, 1.807) is 30.3 Å². The van der Waals surface area contributed by atoms with Gasteiger partial charge >= 0.3 is 0 Å². The maximum Gasteiger partial charge on any atom is 0.147 e. The van der Waals surface area contributed by atoms with Gasteiger partial charge in [0.05, 0.1) is 5.02 Å². The quantitative estimate of drug-likeness (QED) is 0.878. The van der Waals surface area contributed by atoms with Crippen molar-refractivity contribution < 1.29 is 9.13 Å². The Morgan fingerprint density at radius 1 is 1.20 bits per heavy atom. The van der Waals surface area contributed by atoms with Gasteiger partial charge in [-0.15, -0.1) is 0 Å². The van der Waals surface area contributed by atoms with Gasteiger partial charge in [-0.2, -0.15) is 0 Å². The molecule has 0 saturated heterocycles. The molecule has 0 spiro atoms. The van der Waals surface area contributed by atoms with E-state index in [9.17, 15) is 4.39 Å². The summed E-state index contributed by atoms with van der Waals surface area (Å²) in [5.41, 5.74) is 6.17. The lowest BCUT2D eigenvalue weighted by Crippen LogP contribution is -2.19. The highest BCUT2D eigenvalue weighted by atomic mass is 35.5. The Morgan fingerprint density at radius 2 is 1.95 bits per heavy atom. The van der Waals surface area contributed by atoms with E-state index >= 15 is 0 Å². The molecular formula is C15H14Cl2FNO. The molecule has 0 aliphatic rings. The van der Waals surface area contributed by atoms with Crippen LogP contribution in [0.25, 0.3) is 0 Å². The Morgan fingerprint density at radius 3 is 2.65 bits per heavy atom. The highest BCUT2D eigenvalue weighted by Crippen LogP contribution is 2.34. The molecule has 0 saturated carbocycles. The lowest BCUT2D eigenvalue weighted by atomic mass is 10.1. The summed E-state index contributed by atoms with van der Waals surface area (Å²) in [6.07, 6.45) is 0.375. The highest BCUT2D eigenvalue weighted by molar-refractivity contribution is 6.34. The second-order valence-electron chi connectivity index (χ2n) is 4.57.